The average Bonchev–Trinajstić information content (AvgIpc) is 3.16. The van der Waals surface area contributed by atoms with Gasteiger partial charge < -0.3 is 37.8 Å². The fourth-order valence-electron chi connectivity index (χ4n) is 3.74. The summed E-state index contributed by atoms with van der Waals surface area (Å²) in [6, 6.07) is 9.22. The first kappa shape index (κ1) is 26.6. The van der Waals surface area contributed by atoms with Crippen LogP contribution in [0.25, 0.3) is 11.2 Å². The molecule has 10 nitrogen and oxygen atoms in total. The van der Waals surface area contributed by atoms with Crippen LogP contribution in [0.5, 0.6) is 0 Å². The number of hydrogen-bond acceptors (Lipinski definition) is 6. The predicted molar refractivity (Wildman–Crippen MR) is 123 cm³/mol. The van der Waals surface area contributed by atoms with Crippen LogP contribution in [0.15, 0.2) is 39.9 Å². The molecule has 182 valence electrons. The van der Waals surface area contributed by atoms with Gasteiger partial charge in [-0.2, -0.15) is 4.98 Å². The molecule has 0 aliphatic carbocycles. The summed E-state index contributed by atoms with van der Waals surface area (Å²) in [6.07, 6.45) is -0.617. The number of nitrogens with one attached hydrogen (secondary N) is 1. The zero-order valence-electron chi connectivity index (χ0n) is 19.4. The van der Waals surface area contributed by atoms with E-state index in [0.717, 1.165) is 16.6 Å². The first-order valence-electron chi connectivity index (χ1n) is 10.9. The van der Waals surface area contributed by atoms with Crippen molar-refractivity contribution < 1.29 is 27.9 Å². The Labute approximate surface area is 198 Å². The lowest BCUT2D eigenvalue weighted by Crippen LogP contribution is -3.00. The van der Waals surface area contributed by atoms with E-state index in [4.69, 9.17) is 0 Å². The summed E-state index contributed by atoms with van der Waals surface area (Å²) in [7, 11) is 3.00. The first-order valence-corrected chi connectivity index (χ1v) is 10.9. The number of rotatable bonds is 10. The van der Waals surface area contributed by atoms with Crippen molar-refractivity contribution in [3.8, 4) is 0 Å². The van der Waals surface area contributed by atoms with Crippen LogP contribution < -0.4 is 34.3 Å². The number of hydrogen-bond donors (Lipinski definition) is 4. The summed E-state index contributed by atoms with van der Waals surface area (Å²) in [5.74, 6) is 0.441. The van der Waals surface area contributed by atoms with Crippen molar-refractivity contribution in [1.82, 2.24) is 18.7 Å². The van der Waals surface area contributed by atoms with Crippen molar-refractivity contribution in [2.45, 2.75) is 45.1 Å². The smallest absolute Gasteiger partial charge is 0.332 e. The predicted octanol–water partition coefficient (Wildman–Crippen LogP) is -3.69. The van der Waals surface area contributed by atoms with E-state index in [2.05, 4.69) is 10.3 Å². The van der Waals surface area contributed by atoms with Crippen LogP contribution in [0.2, 0.25) is 0 Å². The maximum atomic E-state index is 12.8. The SMILES string of the molecule is CCCNc1nc2c(c(=O)n(C)c(=O)n2C)n1CC(O)C[NH2+]C(C)C(O)c1ccccc1.[Cl-]. The minimum absolute atomic E-state index is 0. The van der Waals surface area contributed by atoms with Gasteiger partial charge in [0.25, 0.3) is 5.56 Å². The van der Waals surface area contributed by atoms with E-state index in [0.29, 0.717) is 19.0 Å². The van der Waals surface area contributed by atoms with Gasteiger partial charge in [-0.3, -0.25) is 13.9 Å². The van der Waals surface area contributed by atoms with Crippen LogP contribution in [0.3, 0.4) is 0 Å². The van der Waals surface area contributed by atoms with Crippen molar-refractivity contribution in [2.24, 2.45) is 14.1 Å². The van der Waals surface area contributed by atoms with E-state index >= 15 is 0 Å². The van der Waals surface area contributed by atoms with E-state index in [1.54, 1.807) is 11.6 Å². The maximum Gasteiger partial charge on any atom is 0.332 e. The zero-order valence-corrected chi connectivity index (χ0v) is 20.2. The first-order chi connectivity index (χ1) is 15.3. The van der Waals surface area contributed by atoms with Crippen molar-refractivity contribution in [2.75, 3.05) is 18.4 Å². The van der Waals surface area contributed by atoms with Gasteiger partial charge in [-0.05, 0) is 18.9 Å². The van der Waals surface area contributed by atoms with E-state index in [9.17, 15) is 19.8 Å². The number of aliphatic hydroxyl groups is 2. The summed E-state index contributed by atoms with van der Waals surface area (Å²) < 4.78 is 4.02. The highest BCUT2D eigenvalue weighted by Gasteiger charge is 2.23. The average molecular weight is 481 g/mol. The maximum absolute atomic E-state index is 12.8. The number of nitrogens with two attached hydrogens (primary N) is 1. The fourth-order valence-corrected chi connectivity index (χ4v) is 3.74. The molecule has 11 heteroatoms. The van der Waals surface area contributed by atoms with Gasteiger partial charge in [-0.15, -0.1) is 0 Å². The monoisotopic (exact) mass is 480 g/mol. The number of anilines is 1. The summed E-state index contributed by atoms with van der Waals surface area (Å²) in [5.41, 5.74) is 0.461. The molecule has 1 aromatic carbocycles. The molecule has 0 spiro atoms. The molecule has 2 aromatic heterocycles. The Kier molecular flexibility index (Phi) is 9.24. The van der Waals surface area contributed by atoms with Gasteiger partial charge in [0.2, 0.25) is 5.95 Å². The van der Waals surface area contributed by atoms with Crippen molar-refractivity contribution in [3.63, 3.8) is 0 Å². The normalized spacial score (nSPS) is 14.0. The molecule has 3 rings (SSSR count). The van der Waals surface area contributed by atoms with Gasteiger partial charge in [0.1, 0.15) is 24.8 Å². The van der Waals surface area contributed by atoms with Crippen molar-refractivity contribution in [3.05, 3.63) is 56.7 Å². The Balaban J connectivity index is 0.00000385. The zero-order chi connectivity index (χ0) is 23.4. The van der Waals surface area contributed by atoms with Crippen LogP contribution in [0.1, 0.15) is 31.9 Å². The van der Waals surface area contributed by atoms with Crippen LogP contribution in [0, 0.1) is 0 Å². The second-order valence-electron chi connectivity index (χ2n) is 8.19. The van der Waals surface area contributed by atoms with Gasteiger partial charge in [0.15, 0.2) is 11.2 Å². The van der Waals surface area contributed by atoms with Gasteiger partial charge in [0, 0.05) is 20.6 Å². The lowest BCUT2D eigenvalue weighted by Gasteiger charge is -2.20. The Hall–Kier alpha value is -2.66. The van der Waals surface area contributed by atoms with Crippen LogP contribution >= 0.6 is 0 Å². The molecule has 3 unspecified atom stereocenters. The number of benzene rings is 1. The summed E-state index contributed by atoms with van der Waals surface area (Å²) in [4.78, 5) is 29.6. The lowest BCUT2D eigenvalue weighted by atomic mass is 10.0. The third-order valence-electron chi connectivity index (χ3n) is 5.69. The van der Waals surface area contributed by atoms with Crippen molar-refractivity contribution >= 4 is 17.1 Å². The van der Waals surface area contributed by atoms with E-state index in [1.807, 2.05) is 49.5 Å². The molecular formula is C22H33ClN6O4. The molecular weight excluding hydrogens is 448 g/mol. The Morgan fingerprint density at radius 1 is 1.12 bits per heavy atom. The molecule has 33 heavy (non-hydrogen) atoms. The molecule has 0 amide bonds. The van der Waals surface area contributed by atoms with E-state index < -0.39 is 23.5 Å². The van der Waals surface area contributed by atoms with Gasteiger partial charge in [-0.25, -0.2) is 4.79 Å². The second kappa shape index (κ2) is 11.5. The number of halogens is 1. The second-order valence-corrected chi connectivity index (χ2v) is 8.19. The molecule has 3 atom stereocenters. The fraction of sp³-hybridized carbons (Fsp3) is 0.500. The number of imidazole rings is 1. The molecule has 0 aliphatic heterocycles. The molecule has 0 saturated carbocycles. The molecule has 0 bridgehead atoms. The number of aliphatic hydroxyl groups excluding tert-OH is 2. The largest absolute Gasteiger partial charge is 1.00 e. The lowest BCUT2D eigenvalue weighted by molar-refractivity contribution is -0.699. The van der Waals surface area contributed by atoms with Crippen molar-refractivity contribution in [1.29, 1.82) is 0 Å². The number of fused-ring (bicyclic) bond motifs is 1. The molecule has 0 saturated heterocycles. The van der Waals surface area contributed by atoms with Crippen LogP contribution in [-0.2, 0) is 20.6 Å². The summed E-state index contributed by atoms with van der Waals surface area (Å²) in [6.45, 7) is 5.00. The minimum atomic E-state index is -0.804. The third kappa shape index (κ3) is 5.64. The van der Waals surface area contributed by atoms with Gasteiger partial charge in [0.05, 0.1) is 6.54 Å². The van der Waals surface area contributed by atoms with E-state index in [1.165, 1.54) is 11.6 Å². The quantitative estimate of drug-likeness (QED) is 0.236. The number of nitrogens with zero attached hydrogens (tertiary/aromatic N) is 4. The molecule has 0 radical (unpaired) electrons. The van der Waals surface area contributed by atoms with E-state index in [-0.39, 0.29) is 36.2 Å². The highest BCUT2D eigenvalue weighted by Crippen LogP contribution is 2.17. The van der Waals surface area contributed by atoms with Gasteiger partial charge in [-0.1, -0.05) is 37.3 Å². The number of aryl methyl sites for hydroxylation is 1. The summed E-state index contributed by atoms with van der Waals surface area (Å²) >= 11 is 0. The number of aromatic nitrogens is 4. The Morgan fingerprint density at radius 2 is 1.79 bits per heavy atom. The molecule has 5 N–H and O–H groups in total. The van der Waals surface area contributed by atoms with Gasteiger partial charge >= 0.3 is 5.69 Å². The topological polar surface area (TPSA) is 131 Å². The molecule has 0 fully saturated rings. The molecule has 3 aromatic rings. The number of quaternary nitrogens is 1. The van der Waals surface area contributed by atoms with Crippen LogP contribution in [-0.4, -0.2) is 54.1 Å². The highest BCUT2D eigenvalue weighted by atomic mass is 35.5. The Morgan fingerprint density at radius 3 is 2.42 bits per heavy atom. The molecule has 0 aliphatic rings. The molecule has 2 heterocycles. The summed E-state index contributed by atoms with van der Waals surface area (Å²) in [5, 5.41) is 26.4. The standard InChI is InChI=1S/C22H32N6O4.ClH/c1-5-11-23-21-25-19-17(20(31)27(4)22(32)26(19)3)28(21)13-16(29)12-24-14(2)18(30)15-9-7-6-8-10-15;/h6-10,14,16,18,24,29-30H,5,11-13H2,1-4H3,(H,23,25);1H. The highest BCUT2D eigenvalue weighted by molar-refractivity contribution is 5.74. The Bertz CT molecular complexity index is 1170. The third-order valence-corrected chi connectivity index (χ3v) is 5.69. The minimum Gasteiger partial charge on any atom is -1.00 e. The van der Waals surface area contributed by atoms with Crippen LogP contribution in [0.4, 0.5) is 5.95 Å².